The van der Waals surface area contributed by atoms with Crippen molar-refractivity contribution in [1.82, 2.24) is 25.4 Å². The molecule has 0 aromatic carbocycles. The lowest BCUT2D eigenvalue weighted by Gasteiger charge is -2.45. The number of hydrogen-bond acceptors (Lipinski definition) is 8. The molecular formula is C25H31N7O2. The lowest BCUT2D eigenvalue weighted by Crippen LogP contribution is -2.65. The molecule has 1 N–H and O–H groups in total. The van der Waals surface area contributed by atoms with Crippen molar-refractivity contribution in [2.75, 3.05) is 45.3 Å². The van der Waals surface area contributed by atoms with E-state index in [1.165, 1.54) is 0 Å². The van der Waals surface area contributed by atoms with Crippen LogP contribution in [0.2, 0.25) is 0 Å². The number of aromatic nitrogens is 3. The van der Waals surface area contributed by atoms with Crippen LogP contribution in [0, 0.1) is 0 Å². The van der Waals surface area contributed by atoms with Gasteiger partial charge in [0.1, 0.15) is 11.5 Å². The number of nitrogens with one attached hydrogen (secondary N) is 1. The lowest BCUT2D eigenvalue weighted by molar-refractivity contribution is -0.00621. The predicted molar refractivity (Wildman–Crippen MR) is 131 cm³/mol. The maximum absolute atomic E-state index is 13.5. The van der Waals surface area contributed by atoms with Crippen molar-refractivity contribution >= 4 is 23.5 Å². The van der Waals surface area contributed by atoms with Crippen molar-refractivity contribution in [1.29, 1.82) is 0 Å². The number of amides is 1. The topological polar surface area (TPSA) is 95.8 Å². The van der Waals surface area contributed by atoms with Gasteiger partial charge in [0.25, 0.3) is 5.91 Å². The molecule has 0 bridgehead atoms. The largest absolute Gasteiger partial charge is 0.379 e. The van der Waals surface area contributed by atoms with Gasteiger partial charge in [-0.1, -0.05) is 0 Å². The predicted octanol–water partition coefficient (Wildman–Crippen LogP) is 2.48. The Hall–Kier alpha value is -3.17. The molecule has 2 fully saturated rings. The molecule has 0 radical (unpaired) electrons. The molecule has 34 heavy (non-hydrogen) atoms. The molecule has 1 aliphatic carbocycles. The third-order valence-corrected chi connectivity index (χ3v) is 6.75. The van der Waals surface area contributed by atoms with Crippen molar-refractivity contribution in [3.05, 3.63) is 53.1 Å². The van der Waals surface area contributed by atoms with Gasteiger partial charge in [-0.05, 0) is 49.1 Å². The summed E-state index contributed by atoms with van der Waals surface area (Å²) in [6, 6.07) is 5.95. The minimum Gasteiger partial charge on any atom is -0.379 e. The van der Waals surface area contributed by atoms with Gasteiger partial charge >= 0.3 is 0 Å². The molecule has 1 amide bonds. The normalized spacial score (nSPS) is 23.1. The maximum Gasteiger partial charge on any atom is 0.254 e. The van der Waals surface area contributed by atoms with Crippen LogP contribution >= 0.6 is 0 Å². The van der Waals surface area contributed by atoms with E-state index in [-0.39, 0.29) is 5.91 Å². The van der Waals surface area contributed by atoms with Crippen molar-refractivity contribution in [2.24, 2.45) is 4.99 Å². The van der Waals surface area contributed by atoms with Crippen LogP contribution < -0.4 is 10.2 Å². The summed E-state index contributed by atoms with van der Waals surface area (Å²) in [6.45, 7) is 4.65. The van der Waals surface area contributed by atoms with Gasteiger partial charge in [-0.3, -0.25) is 14.7 Å². The highest BCUT2D eigenvalue weighted by atomic mass is 16.5. The van der Waals surface area contributed by atoms with Crippen molar-refractivity contribution in [3.8, 4) is 0 Å². The highest BCUT2D eigenvalue weighted by Gasteiger charge is 2.41. The third-order valence-electron chi connectivity index (χ3n) is 6.75. The zero-order valence-corrected chi connectivity index (χ0v) is 20.0. The molecule has 2 aromatic rings. The van der Waals surface area contributed by atoms with Crippen LogP contribution in [0.15, 0.2) is 41.3 Å². The molecule has 1 saturated heterocycles. The maximum atomic E-state index is 13.5. The Morgan fingerprint density at radius 3 is 2.68 bits per heavy atom. The number of morpholine rings is 1. The van der Waals surface area contributed by atoms with Gasteiger partial charge in [-0.2, -0.15) is 10.2 Å². The average molecular weight is 462 g/mol. The Kier molecular flexibility index (Phi) is 6.14. The molecule has 1 atom stereocenters. The van der Waals surface area contributed by atoms with Gasteiger partial charge in [0, 0.05) is 57.6 Å². The Morgan fingerprint density at radius 1 is 1.21 bits per heavy atom. The third kappa shape index (κ3) is 4.58. The molecule has 9 nitrogen and oxygen atoms in total. The first-order valence-corrected chi connectivity index (χ1v) is 11.8. The number of rotatable bonds is 6. The minimum absolute atomic E-state index is 0.172. The number of anilines is 1. The molecule has 3 aliphatic rings. The van der Waals surface area contributed by atoms with Crippen LogP contribution in [-0.4, -0.2) is 78.3 Å². The lowest BCUT2D eigenvalue weighted by atomic mass is 9.90. The molecule has 2 aliphatic heterocycles. The molecule has 2 aromatic heterocycles. The number of aliphatic imine (C=N–C) groups is 1. The van der Waals surface area contributed by atoms with Gasteiger partial charge in [0.05, 0.1) is 30.7 Å². The summed E-state index contributed by atoms with van der Waals surface area (Å²) in [6.07, 6.45) is 8.12. The summed E-state index contributed by atoms with van der Waals surface area (Å²) in [5, 5.41) is 11.6. The molecule has 0 spiro atoms. The van der Waals surface area contributed by atoms with Crippen LogP contribution in [0.1, 0.15) is 53.7 Å². The van der Waals surface area contributed by atoms with Crippen LogP contribution in [0.4, 0.5) is 5.82 Å². The first-order chi connectivity index (χ1) is 16.4. The monoisotopic (exact) mass is 461 g/mol. The Bertz CT molecular complexity index is 1120. The van der Waals surface area contributed by atoms with Gasteiger partial charge < -0.3 is 15.0 Å². The van der Waals surface area contributed by atoms with E-state index in [2.05, 4.69) is 31.5 Å². The number of carbonyl (C=O) groups excluding carboxylic acids is 1. The number of hydrogen-bond donors (Lipinski definition) is 1. The number of ether oxygens (including phenoxy) is 1. The summed E-state index contributed by atoms with van der Waals surface area (Å²) in [4.78, 5) is 27.1. The van der Waals surface area contributed by atoms with Gasteiger partial charge in [0.15, 0.2) is 0 Å². The standard InChI is InChI=1S/C25H31N7O2/c1-17-21(19-6-7-23(26-14-19)31(2)3)13-25(16-27-17,32-8-10-34-11-9-32)29-24(33)20-12-22(18-4-5-18)30-28-15-20/h6-7,12,14-16,18H,4-5,8-11,13H2,1-3H3,(H,29,33). The van der Waals surface area contributed by atoms with Gasteiger partial charge in [-0.25, -0.2) is 4.98 Å². The first-order valence-electron chi connectivity index (χ1n) is 11.8. The van der Waals surface area contributed by atoms with E-state index in [1.54, 1.807) is 6.20 Å². The summed E-state index contributed by atoms with van der Waals surface area (Å²) in [5.41, 5.74) is 3.67. The zero-order valence-electron chi connectivity index (χ0n) is 20.0. The fourth-order valence-corrected chi connectivity index (χ4v) is 4.53. The van der Waals surface area contributed by atoms with Crippen molar-refractivity contribution in [3.63, 3.8) is 0 Å². The number of nitrogens with zero attached hydrogens (tertiary/aromatic N) is 6. The second kappa shape index (κ2) is 9.23. The van der Waals surface area contributed by atoms with E-state index in [0.717, 1.165) is 41.2 Å². The first kappa shape index (κ1) is 22.6. The van der Waals surface area contributed by atoms with E-state index in [1.807, 2.05) is 50.5 Å². The summed E-state index contributed by atoms with van der Waals surface area (Å²) in [5.74, 6) is 1.15. The molecule has 1 unspecified atom stereocenters. The molecule has 9 heteroatoms. The fraction of sp³-hybridized carbons (Fsp3) is 0.480. The molecule has 4 heterocycles. The Balaban J connectivity index is 1.45. The average Bonchev–Trinajstić information content (AvgIpc) is 3.72. The van der Waals surface area contributed by atoms with E-state index in [0.29, 0.717) is 44.2 Å². The number of carbonyl (C=O) groups is 1. The van der Waals surface area contributed by atoms with Crippen LogP contribution in [-0.2, 0) is 4.74 Å². The van der Waals surface area contributed by atoms with Gasteiger partial charge in [-0.15, -0.1) is 0 Å². The summed E-state index contributed by atoms with van der Waals surface area (Å²) >= 11 is 0. The van der Waals surface area contributed by atoms with E-state index < -0.39 is 5.66 Å². The van der Waals surface area contributed by atoms with E-state index in [9.17, 15) is 4.79 Å². The van der Waals surface area contributed by atoms with Crippen LogP contribution in [0.25, 0.3) is 5.57 Å². The second-order valence-corrected chi connectivity index (χ2v) is 9.42. The van der Waals surface area contributed by atoms with Crippen molar-refractivity contribution < 1.29 is 9.53 Å². The quantitative estimate of drug-likeness (QED) is 0.706. The van der Waals surface area contributed by atoms with Crippen LogP contribution in [0.5, 0.6) is 0 Å². The van der Waals surface area contributed by atoms with E-state index >= 15 is 0 Å². The van der Waals surface area contributed by atoms with E-state index in [4.69, 9.17) is 9.73 Å². The Labute approximate surface area is 199 Å². The summed E-state index contributed by atoms with van der Waals surface area (Å²) in [7, 11) is 3.94. The fourth-order valence-electron chi connectivity index (χ4n) is 4.53. The van der Waals surface area contributed by atoms with Gasteiger partial charge in [0.2, 0.25) is 0 Å². The molecule has 1 saturated carbocycles. The SMILES string of the molecule is CC1=C(c2ccc(N(C)C)nc2)CC(NC(=O)c2cnnc(C3CC3)c2)(N2CCOCC2)C=N1. The van der Waals surface area contributed by atoms with Crippen molar-refractivity contribution in [2.45, 2.75) is 37.8 Å². The number of pyridine rings is 1. The molecular weight excluding hydrogens is 430 g/mol. The number of allylic oxidation sites excluding steroid dienone is 1. The second-order valence-electron chi connectivity index (χ2n) is 9.42. The summed E-state index contributed by atoms with van der Waals surface area (Å²) < 4.78 is 5.60. The van der Waals surface area contributed by atoms with Crippen LogP contribution in [0.3, 0.4) is 0 Å². The molecule has 5 rings (SSSR count). The zero-order chi connectivity index (χ0) is 23.7. The molecule has 178 valence electrons. The smallest absolute Gasteiger partial charge is 0.254 e. The highest BCUT2D eigenvalue weighted by Crippen LogP contribution is 2.39. The Morgan fingerprint density at radius 2 is 2.00 bits per heavy atom. The highest BCUT2D eigenvalue weighted by molar-refractivity contribution is 5.97. The minimum atomic E-state index is -0.765.